The Morgan fingerprint density at radius 1 is 1.35 bits per heavy atom. The average molecular weight is 235 g/mol. The molecule has 2 rings (SSSR count). The van der Waals surface area contributed by atoms with Crippen LogP contribution in [0.15, 0.2) is 6.20 Å². The maximum atomic E-state index is 5.83. The van der Waals surface area contributed by atoms with Crippen molar-refractivity contribution in [1.29, 1.82) is 0 Å². The molecule has 4 heteroatoms. The summed E-state index contributed by atoms with van der Waals surface area (Å²) in [6.45, 7) is 2.77. The van der Waals surface area contributed by atoms with E-state index in [1.54, 1.807) is 6.20 Å². The Morgan fingerprint density at radius 2 is 2.12 bits per heavy atom. The largest absolute Gasteiger partial charge is 0.477 e. The highest BCUT2D eigenvalue weighted by Gasteiger charge is 2.15. The van der Waals surface area contributed by atoms with Crippen molar-refractivity contribution in [1.82, 2.24) is 9.97 Å². The predicted molar refractivity (Wildman–Crippen MR) is 68.4 cm³/mol. The van der Waals surface area contributed by atoms with Crippen molar-refractivity contribution in [2.24, 2.45) is 5.92 Å². The lowest BCUT2D eigenvalue weighted by atomic mass is 9.90. The minimum absolute atomic E-state index is 0.620. The molecular weight excluding hydrogens is 214 g/mol. The molecule has 0 radical (unpaired) electrons. The molecule has 0 atom stereocenters. The van der Waals surface area contributed by atoms with E-state index in [1.165, 1.54) is 32.1 Å². The molecule has 1 fully saturated rings. The number of rotatable bonds is 4. The van der Waals surface area contributed by atoms with Crippen LogP contribution in [0.3, 0.4) is 0 Å². The average Bonchev–Trinajstić information content (AvgIpc) is 2.39. The second-order valence-electron chi connectivity index (χ2n) is 4.75. The van der Waals surface area contributed by atoms with Gasteiger partial charge in [0, 0.05) is 18.8 Å². The van der Waals surface area contributed by atoms with Gasteiger partial charge in [-0.1, -0.05) is 19.3 Å². The Labute approximate surface area is 103 Å². The third-order valence-corrected chi connectivity index (χ3v) is 3.33. The normalized spacial score (nSPS) is 16.8. The minimum atomic E-state index is 0.620. The van der Waals surface area contributed by atoms with Gasteiger partial charge in [-0.15, -0.1) is 0 Å². The Bertz CT molecular complexity index is 362. The molecule has 1 aliphatic carbocycles. The molecular formula is C13H21N3O. The summed E-state index contributed by atoms with van der Waals surface area (Å²) in [5, 5.41) is 2.93. The Balaban J connectivity index is 1.92. The van der Waals surface area contributed by atoms with Gasteiger partial charge in [0.2, 0.25) is 11.8 Å². The second-order valence-corrected chi connectivity index (χ2v) is 4.75. The molecule has 1 aromatic rings. The van der Waals surface area contributed by atoms with Crippen LogP contribution in [0.1, 0.15) is 37.7 Å². The molecule has 17 heavy (non-hydrogen) atoms. The fraction of sp³-hybridized carbons (Fsp3) is 0.692. The first-order valence-corrected chi connectivity index (χ1v) is 6.44. The van der Waals surface area contributed by atoms with Crippen LogP contribution in [0, 0.1) is 12.8 Å². The van der Waals surface area contributed by atoms with Crippen molar-refractivity contribution >= 4 is 5.95 Å². The Hall–Kier alpha value is -1.32. The van der Waals surface area contributed by atoms with Gasteiger partial charge in [-0.25, -0.2) is 4.98 Å². The summed E-state index contributed by atoms with van der Waals surface area (Å²) in [5.41, 5.74) is 1.000. The van der Waals surface area contributed by atoms with Crippen LogP contribution in [0.5, 0.6) is 5.88 Å². The topological polar surface area (TPSA) is 47.0 Å². The fourth-order valence-corrected chi connectivity index (χ4v) is 2.24. The molecule has 0 bridgehead atoms. The summed E-state index contributed by atoms with van der Waals surface area (Å²) >= 11 is 0. The van der Waals surface area contributed by atoms with E-state index >= 15 is 0 Å². The highest BCUT2D eigenvalue weighted by atomic mass is 16.5. The van der Waals surface area contributed by atoms with Gasteiger partial charge in [0.1, 0.15) is 0 Å². The van der Waals surface area contributed by atoms with Crippen LogP contribution in [0.2, 0.25) is 0 Å². The van der Waals surface area contributed by atoms with Gasteiger partial charge < -0.3 is 10.1 Å². The number of anilines is 1. The van der Waals surface area contributed by atoms with Crippen molar-refractivity contribution in [2.75, 3.05) is 19.0 Å². The molecule has 1 aromatic heterocycles. The van der Waals surface area contributed by atoms with Crippen LogP contribution >= 0.6 is 0 Å². The fourth-order valence-electron chi connectivity index (χ4n) is 2.24. The van der Waals surface area contributed by atoms with Gasteiger partial charge >= 0.3 is 0 Å². The standard InChI is InChI=1S/C13H21N3O/c1-10-8-15-13(14-2)16-12(10)17-9-11-6-4-3-5-7-11/h8,11H,3-7,9H2,1-2H3,(H,14,15,16). The van der Waals surface area contributed by atoms with Gasteiger partial charge in [-0.3, -0.25) is 0 Å². The third kappa shape index (κ3) is 3.32. The molecule has 0 unspecified atom stereocenters. The second kappa shape index (κ2) is 5.84. The smallest absolute Gasteiger partial charge is 0.225 e. The van der Waals surface area contributed by atoms with Crippen LogP contribution in [0.4, 0.5) is 5.95 Å². The van der Waals surface area contributed by atoms with Crippen molar-refractivity contribution < 1.29 is 4.74 Å². The van der Waals surface area contributed by atoms with Gasteiger partial charge in [0.25, 0.3) is 0 Å². The number of hydrogen-bond donors (Lipinski definition) is 1. The van der Waals surface area contributed by atoms with Gasteiger partial charge in [-0.05, 0) is 25.7 Å². The monoisotopic (exact) mass is 235 g/mol. The molecule has 0 saturated heterocycles. The van der Waals surface area contributed by atoms with Gasteiger partial charge in [-0.2, -0.15) is 4.98 Å². The highest BCUT2D eigenvalue weighted by Crippen LogP contribution is 2.25. The lowest BCUT2D eigenvalue weighted by molar-refractivity contribution is 0.202. The molecule has 1 saturated carbocycles. The Morgan fingerprint density at radius 3 is 2.82 bits per heavy atom. The summed E-state index contributed by atoms with van der Waals surface area (Å²) in [7, 11) is 1.82. The maximum Gasteiger partial charge on any atom is 0.225 e. The molecule has 94 valence electrons. The molecule has 0 amide bonds. The molecule has 1 heterocycles. The van der Waals surface area contributed by atoms with Crippen molar-refractivity contribution in [3.8, 4) is 5.88 Å². The van der Waals surface area contributed by atoms with Gasteiger partial charge in [0.05, 0.1) is 6.61 Å². The number of aryl methyl sites for hydroxylation is 1. The van der Waals surface area contributed by atoms with E-state index in [-0.39, 0.29) is 0 Å². The quantitative estimate of drug-likeness (QED) is 0.871. The van der Waals surface area contributed by atoms with Crippen LogP contribution in [-0.2, 0) is 0 Å². The molecule has 0 spiro atoms. The predicted octanol–water partition coefficient (Wildman–Crippen LogP) is 2.79. The SMILES string of the molecule is CNc1ncc(C)c(OCC2CCCCC2)n1. The number of hydrogen-bond acceptors (Lipinski definition) is 4. The molecule has 0 aliphatic heterocycles. The lowest BCUT2D eigenvalue weighted by Gasteiger charge is -2.21. The Kier molecular flexibility index (Phi) is 4.18. The third-order valence-electron chi connectivity index (χ3n) is 3.33. The first-order chi connectivity index (χ1) is 8.29. The first-order valence-electron chi connectivity index (χ1n) is 6.44. The number of ether oxygens (including phenoxy) is 1. The van der Waals surface area contributed by atoms with E-state index in [2.05, 4.69) is 15.3 Å². The van der Waals surface area contributed by atoms with E-state index in [9.17, 15) is 0 Å². The summed E-state index contributed by atoms with van der Waals surface area (Å²) in [4.78, 5) is 8.48. The van der Waals surface area contributed by atoms with Crippen LogP contribution in [0.25, 0.3) is 0 Å². The zero-order chi connectivity index (χ0) is 12.1. The van der Waals surface area contributed by atoms with Gasteiger partial charge in [0.15, 0.2) is 0 Å². The highest BCUT2D eigenvalue weighted by molar-refractivity contribution is 5.31. The van der Waals surface area contributed by atoms with E-state index in [1.807, 2.05) is 14.0 Å². The first kappa shape index (κ1) is 12.1. The van der Waals surface area contributed by atoms with E-state index in [0.29, 0.717) is 11.9 Å². The summed E-state index contributed by atoms with van der Waals surface area (Å²) in [5.74, 6) is 2.04. The zero-order valence-corrected chi connectivity index (χ0v) is 10.7. The molecule has 4 nitrogen and oxygen atoms in total. The van der Waals surface area contributed by atoms with Crippen molar-refractivity contribution in [2.45, 2.75) is 39.0 Å². The van der Waals surface area contributed by atoms with Crippen molar-refractivity contribution in [3.05, 3.63) is 11.8 Å². The molecule has 0 aromatic carbocycles. The summed E-state index contributed by atoms with van der Waals surface area (Å²) in [6.07, 6.45) is 8.46. The van der Waals surface area contributed by atoms with E-state index < -0.39 is 0 Å². The van der Waals surface area contributed by atoms with Crippen LogP contribution in [-0.4, -0.2) is 23.6 Å². The van der Waals surface area contributed by atoms with Crippen LogP contribution < -0.4 is 10.1 Å². The molecule has 1 N–H and O–H groups in total. The minimum Gasteiger partial charge on any atom is -0.477 e. The number of aromatic nitrogens is 2. The van der Waals surface area contributed by atoms with Crippen molar-refractivity contribution in [3.63, 3.8) is 0 Å². The lowest BCUT2D eigenvalue weighted by Crippen LogP contribution is -2.16. The number of nitrogens with one attached hydrogen (secondary N) is 1. The molecule has 1 aliphatic rings. The summed E-state index contributed by atoms with van der Waals surface area (Å²) < 4.78 is 5.83. The van der Waals surface area contributed by atoms with E-state index in [0.717, 1.165) is 18.1 Å². The summed E-state index contributed by atoms with van der Waals surface area (Å²) in [6, 6.07) is 0. The van der Waals surface area contributed by atoms with E-state index in [4.69, 9.17) is 4.74 Å². The zero-order valence-electron chi connectivity index (χ0n) is 10.7. The maximum absolute atomic E-state index is 5.83. The number of nitrogens with zero attached hydrogens (tertiary/aromatic N) is 2.